The number of aryl methyl sites for hydroxylation is 1. The Kier molecular flexibility index (Phi) is 3.72. The van der Waals surface area contributed by atoms with Crippen LogP contribution in [-0.4, -0.2) is 12.2 Å². The molecule has 2 rings (SSSR count). The lowest BCUT2D eigenvalue weighted by Gasteiger charge is -2.08. The maximum Gasteiger partial charge on any atom is 0.120 e. The molecule has 3 heteroatoms. The van der Waals surface area contributed by atoms with Gasteiger partial charge in [0, 0.05) is 0 Å². The van der Waals surface area contributed by atoms with Gasteiger partial charge in [0.25, 0.3) is 0 Å². The largest absolute Gasteiger partial charge is 0.508 e. The third-order valence-electron chi connectivity index (χ3n) is 2.74. The Labute approximate surface area is 107 Å². The van der Waals surface area contributed by atoms with Gasteiger partial charge in [0.15, 0.2) is 0 Å². The van der Waals surface area contributed by atoms with E-state index in [1.807, 2.05) is 43.3 Å². The van der Waals surface area contributed by atoms with Crippen LogP contribution in [0, 0.1) is 6.92 Å². The average Bonchev–Trinajstić information content (AvgIpc) is 2.41. The van der Waals surface area contributed by atoms with Gasteiger partial charge < -0.3 is 14.6 Å². The van der Waals surface area contributed by atoms with Crippen LogP contribution in [0.1, 0.15) is 11.1 Å². The van der Waals surface area contributed by atoms with E-state index in [4.69, 9.17) is 9.47 Å². The summed E-state index contributed by atoms with van der Waals surface area (Å²) >= 11 is 0. The van der Waals surface area contributed by atoms with E-state index in [9.17, 15) is 5.11 Å². The fourth-order valence-corrected chi connectivity index (χ4v) is 1.58. The molecule has 0 saturated heterocycles. The van der Waals surface area contributed by atoms with E-state index in [1.165, 1.54) is 0 Å². The van der Waals surface area contributed by atoms with E-state index < -0.39 is 0 Å². The highest BCUT2D eigenvalue weighted by Crippen LogP contribution is 2.21. The summed E-state index contributed by atoms with van der Waals surface area (Å²) < 4.78 is 10.7. The highest BCUT2D eigenvalue weighted by molar-refractivity contribution is 5.35. The van der Waals surface area contributed by atoms with Crippen LogP contribution in [0.5, 0.6) is 17.2 Å². The zero-order chi connectivity index (χ0) is 13.0. The van der Waals surface area contributed by atoms with Crippen molar-refractivity contribution in [2.45, 2.75) is 13.5 Å². The van der Waals surface area contributed by atoms with Gasteiger partial charge in [-0.05, 0) is 48.4 Å². The first-order valence-corrected chi connectivity index (χ1v) is 5.74. The predicted octanol–water partition coefficient (Wildman–Crippen LogP) is 3.29. The van der Waals surface area contributed by atoms with Crippen molar-refractivity contribution in [3.63, 3.8) is 0 Å². The van der Waals surface area contributed by atoms with Crippen LogP contribution < -0.4 is 9.47 Å². The van der Waals surface area contributed by atoms with Gasteiger partial charge in [-0.1, -0.05) is 12.1 Å². The molecule has 0 atom stereocenters. The van der Waals surface area contributed by atoms with E-state index in [0.717, 1.165) is 22.6 Å². The molecule has 3 nitrogen and oxygen atoms in total. The molecule has 2 aromatic carbocycles. The molecule has 0 spiro atoms. The molecule has 0 bridgehead atoms. The molecule has 2 aromatic rings. The number of rotatable bonds is 4. The fraction of sp³-hybridized carbons (Fsp3) is 0.200. The number of ether oxygens (including phenoxy) is 2. The van der Waals surface area contributed by atoms with Gasteiger partial charge in [0.05, 0.1) is 7.11 Å². The maximum absolute atomic E-state index is 9.59. The van der Waals surface area contributed by atoms with Crippen LogP contribution in [0.3, 0.4) is 0 Å². The second-order valence-electron chi connectivity index (χ2n) is 4.09. The lowest BCUT2D eigenvalue weighted by molar-refractivity contribution is 0.304. The zero-order valence-corrected chi connectivity index (χ0v) is 10.5. The smallest absolute Gasteiger partial charge is 0.120 e. The number of benzene rings is 2. The molecule has 0 unspecified atom stereocenters. The number of aromatic hydroxyl groups is 1. The highest BCUT2D eigenvalue weighted by atomic mass is 16.5. The third kappa shape index (κ3) is 2.94. The maximum atomic E-state index is 9.59. The Morgan fingerprint density at radius 3 is 2.28 bits per heavy atom. The Morgan fingerprint density at radius 2 is 1.67 bits per heavy atom. The number of methoxy groups -OCH3 is 1. The first kappa shape index (κ1) is 12.3. The van der Waals surface area contributed by atoms with E-state index in [1.54, 1.807) is 13.2 Å². The van der Waals surface area contributed by atoms with Crippen molar-refractivity contribution >= 4 is 0 Å². The molecule has 0 aliphatic heterocycles. The fourth-order valence-electron chi connectivity index (χ4n) is 1.58. The molecule has 1 N–H and O–H groups in total. The van der Waals surface area contributed by atoms with E-state index >= 15 is 0 Å². The minimum atomic E-state index is 0.297. The lowest BCUT2D eigenvalue weighted by atomic mass is 10.1. The van der Waals surface area contributed by atoms with Crippen molar-refractivity contribution in [1.82, 2.24) is 0 Å². The summed E-state index contributed by atoms with van der Waals surface area (Å²) in [5.41, 5.74) is 1.80. The van der Waals surface area contributed by atoms with E-state index in [0.29, 0.717) is 12.4 Å². The first-order valence-electron chi connectivity index (χ1n) is 5.74. The number of hydrogen-bond acceptors (Lipinski definition) is 3. The average molecular weight is 244 g/mol. The monoisotopic (exact) mass is 244 g/mol. The van der Waals surface area contributed by atoms with Gasteiger partial charge >= 0.3 is 0 Å². The minimum Gasteiger partial charge on any atom is -0.508 e. The molecule has 0 radical (unpaired) electrons. The summed E-state index contributed by atoms with van der Waals surface area (Å²) in [7, 11) is 1.63. The van der Waals surface area contributed by atoms with Gasteiger partial charge in [-0.2, -0.15) is 0 Å². The number of phenols is 1. The Balaban J connectivity index is 1.99. The Hall–Kier alpha value is -2.16. The van der Waals surface area contributed by atoms with Crippen molar-refractivity contribution in [1.29, 1.82) is 0 Å². The summed E-state index contributed by atoms with van der Waals surface area (Å²) in [5.74, 6) is 1.87. The normalized spacial score (nSPS) is 10.1. The van der Waals surface area contributed by atoms with Gasteiger partial charge in [-0.3, -0.25) is 0 Å². The molecule has 94 valence electrons. The third-order valence-corrected chi connectivity index (χ3v) is 2.74. The SMILES string of the molecule is COc1ccc(OCc2ccc(C)c(O)c2)cc1. The quantitative estimate of drug-likeness (QED) is 0.897. The number of hydrogen-bond donors (Lipinski definition) is 1. The van der Waals surface area contributed by atoms with Crippen LogP contribution in [0.15, 0.2) is 42.5 Å². The summed E-state index contributed by atoms with van der Waals surface area (Å²) in [5, 5.41) is 9.59. The van der Waals surface area contributed by atoms with Crippen LogP contribution in [0.2, 0.25) is 0 Å². The van der Waals surface area contributed by atoms with E-state index in [-0.39, 0.29) is 0 Å². The van der Waals surface area contributed by atoms with Crippen molar-refractivity contribution in [2.75, 3.05) is 7.11 Å². The van der Waals surface area contributed by atoms with Gasteiger partial charge in [-0.25, -0.2) is 0 Å². The zero-order valence-electron chi connectivity index (χ0n) is 10.5. The lowest BCUT2D eigenvalue weighted by Crippen LogP contribution is -1.95. The highest BCUT2D eigenvalue weighted by Gasteiger charge is 2.00. The summed E-state index contributed by atoms with van der Waals surface area (Å²) in [4.78, 5) is 0. The van der Waals surface area contributed by atoms with Crippen molar-refractivity contribution < 1.29 is 14.6 Å². The molecule has 18 heavy (non-hydrogen) atoms. The Morgan fingerprint density at radius 1 is 1.00 bits per heavy atom. The second-order valence-corrected chi connectivity index (χ2v) is 4.09. The van der Waals surface area contributed by atoms with Crippen LogP contribution in [-0.2, 0) is 6.61 Å². The standard InChI is InChI=1S/C15H16O3/c1-11-3-4-12(9-15(11)16)10-18-14-7-5-13(17-2)6-8-14/h3-9,16H,10H2,1-2H3. The topological polar surface area (TPSA) is 38.7 Å². The molecule has 0 aliphatic carbocycles. The molecule has 0 heterocycles. The van der Waals surface area contributed by atoms with Crippen molar-refractivity contribution in [3.05, 3.63) is 53.6 Å². The summed E-state index contributed by atoms with van der Waals surface area (Å²) in [6, 6.07) is 12.9. The molecule has 0 aliphatic rings. The molecule has 0 aromatic heterocycles. The molecule has 0 saturated carbocycles. The Bertz CT molecular complexity index is 518. The van der Waals surface area contributed by atoms with Crippen LogP contribution in [0.4, 0.5) is 0 Å². The second kappa shape index (κ2) is 5.45. The molecular formula is C15H16O3. The van der Waals surface area contributed by atoms with Gasteiger partial charge in [-0.15, -0.1) is 0 Å². The van der Waals surface area contributed by atoms with Crippen LogP contribution >= 0.6 is 0 Å². The predicted molar refractivity (Wildman–Crippen MR) is 70.2 cm³/mol. The van der Waals surface area contributed by atoms with E-state index in [2.05, 4.69) is 0 Å². The van der Waals surface area contributed by atoms with Gasteiger partial charge in [0.2, 0.25) is 0 Å². The van der Waals surface area contributed by atoms with Crippen LogP contribution in [0.25, 0.3) is 0 Å². The van der Waals surface area contributed by atoms with Gasteiger partial charge in [0.1, 0.15) is 23.9 Å². The summed E-state index contributed by atoms with van der Waals surface area (Å²) in [6.07, 6.45) is 0. The van der Waals surface area contributed by atoms with Crippen molar-refractivity contribution in [3.8, 4) is 17.2 Å². The van der Waals surface area contributed by atoms with Crippen molar-refractivity contribution in [2.24, 2.45) is 0 Å². The minimum absolute atomic E-state index is 0.297. The number of phenolic OH excluding ortho intramolecular Hbond substituents is 1. The summed E-state index contributed by atoms with van der Waals surface area (Å²) in [6.45, 7) is 2.30. The molecule has 0 fully saturated rings. The first-order chi connectivity index (χ1) is 8.69. The molecular weight excluding hydrogens is 228 g/mol. The molecule has 0 amide bonds.